The first kappa shape index (κ1) is 15.6. The highest BCUT2D eigenvalue weighted by Crippen LogP contribution is 2.31. The minimum Gasteiger partial charge on any atom is -0.495 e. The Balaban J connectivity index is 0.00000161. The van der Waals surface area contributed by atoms with E-state index in [1.807, 2.05) is 6.07 Å². The van der Waals surface area contributed by atoms with Gasteiger partial charge in [-0.1, -0.05) is 37.3 Å². The molecule has 1 heterocycles. The highest BCUT2D eigenvalue weighted by atomic mass is 79.9. The number of ether oxygens (including phenoxy) is 1. The summed E-state index contributed by atoms with van der Waals surface area (Å²) in [6.07, 6.45) is 0.844. The van der Waals surface area contributed by atoms with Gasteiger partial charge >= 0.3 is 0 Å². The standard InChI is InChI=1S/C16H15BrN2O.CH4/c1-10-4-3-5-11(6-10)7-14-12-8-13(17)16(20-2)9-15(12)19-18-14;/h3-6,8-9H,7H2,1-2H3,(H,18,19);1H4. The van der Waals surface area contributed by atoms with Crippen molar-refractivity contribution in [3.05, 3.63) is 57.7 Å². The van der Waals surface area contributed by atoms with Crippen LogP contribution in [0.25, 0.3) is 10.9 Å². The zero-order valence-corrected chi connectivity index (χ0v) is 13.0. The summed E-state index contributed by atoms with van der Waals surface area (Å²) < 4.78 is 6.24. The molecule has 3 aromatic rings. The van der Waals surface area contributed by atoms with Crippen molar-refractivity contribution in [3.63, 3.8) is 0 Å². The molecule has 0 saturated heterocycles. The average molecular weight is 347 g/mol. The number of halogens is 1. The van der Waals surface area contributed by atoms with E-state index in [0.717, 1.165) is 33.2 Å². The van der Waals surface area contributed by atoms with E-state index in [-0.39, 0.29) is 7.43 Å². The summed E-state index contributed by atoms with van der Waals surface area (Å²) in [5, 5.41) is 8.62. The zero-order chi connectivity index (χ0) is 14.1. The van der Waals surface area contributed by atoms with Gasteiger partial charge in [-0.15, -0.1) is 0 Å². The molecule has 1 aromatic heterocycles. The molecular weight excluding hydrogens is 328 g/mol. The second kappa shape index (κ2) is 6.31. The summed E-state index contributed by atoms with van der Waals surface area (Å²) >= 11 is 3.53. The Kier molecular flexibility index (Phi) is 4.68. The molecule has 0 saturated carbocycles. The van der Waals surface area contributed by atoms with E-state index in [0.29, 0.717) is 0 Å². The Labute approximate surface area is 133 Å². The number of fused-ring (bicyclic) bond motifs is 1. The van der Waals surface area contributed by atoms with Crippen LogP contribution in [0.4, 0.5) is 0 Å². The highest BCUT2D eigenvalue weighted by Gasteiger charge is 2.10. The van der Waals surface area contributed by atoms with Crippen LogP contribution < -0.4 is 4.74 Å². The van der Waals surface area contributed by atoms with Gasteiger partial charge in [0.1, 0.15) is 5.75 Å². The lowest BCUT2D eigenvalue weighted by Gasteiger charge is -2.04. The maximum absolute atomic E-state index is 5.30. The van der Waals surface area contributed by atoms with E-state index in [9.17, 15) is 0 Å². The van der Waals surface area contributed by atoms with Gasteiger partial charge in [0, 0.05) is 23.6 Å². The van der Waals surface area contributed by atoms with E-state index in [1.165, 1.54) is 11.1 Å². The summed E-state index contributed by atoms with van der Waals surface area (Å²) in [4.78, 5) is 0. The second-order valence-electron chi connectivity index (χ2n) is 4.87. The summed E-state index contributed by atoms with van der Waals surface area (Å²) in [6.45, 7) is 2.11. The van der Waals surface area contributed by atoms with Crippen LogP contribution in [0, 0.1) is 6.92 Å². The number of hydrogen-bond donors (Lipinski definition) is 1. The molecule has 3 rings (SSSR count). The van der Waals surface area contributed by atoms with Crippen LogP contribution in [0.5, 0.6) is 5.75 Å². The number of aryl methyl sites for hydroxylation is 1. The van der Waals surface area contributed by atoms with E-state index in [1.54, 1.807) is 7.11 Å². The number of methoxy groups -OCH3 is 1. The molecule has 3 nitrogen and oxygen atoms in total. The van der Waals surface area contributed by atoms with Crippen molar-refractivity contribution in [2.24, 2.45) is 0 Å². The smallest absolute Gasteiger partial charge is 0.135 e. The molecule has 4 heteroatoms. The number of nitrogens with one attached hydrogen (secondary N) is 1. The lowest BCUT2D eigenvalue weighted by Crippen LogP contribution is -1.90. The van der Waals surface area contributed by atoms with Crippen molar-refractivity contribution >= 4 is 26.8 Å². The number of aromatic nitrogens is 2. The average Bonchev–Trinajstić information content (AvgIpc) is 2.80. The van der Waals surface area contributed by atoms with E-state index < -0.39 is 0 Å². The molecule has 0 unspecified atom stereocenters. The number of hydrogen-bond acceptors (Lipinski definition) is 2. The van der Waals surface area contributed by atoms with Gasteiger partial charge in [-0.05, 0) is 34.5 Å². The fourth-order valence-corrected chi connectivity index (χ4v) is 2.89. The van der Waals surface area contributed by atoms with Crippen molar-refractivity contribution in [2.75, 3.05) is 7.11 Å². The summed E-state index contributed by atoms with van der Waals surface area (Å²) in [6, 6.07) is 12.5. The predicted molar refractivity (Wildman–Crippen MR) is 91.1 cm³/mol. The Hall–Kier alpha value is -1.81. The van der Waals surface area contributed by atoms with Gasteiger partial charge in [-0.25, -0.2) is 0 Å². The quantitative estimate of drug-likeness (QED) is 0.734. The first-order valence-electron chi connectivity index (χ1n) is 6.43. The fourth-order valence-electron chi connectivity index (χ4n) is 2.38. The van der Waals surface area contributed by atoms with Crippen LogP contribution in [0.1, 0.15) is 24.2 Å². The fraction of sp³-hybridized carbons (Fsp3) is 0.235. The number of nitrogens with zero attached hydrogens (tertiary/aromatic N) is 1. The molecule has 0 atom stereocenters. The minimum atomic E-state index is 0. The van der Waals surface area contributed by atoms with Gasteiger partial charge in [0.05, 0.1) is 17.1 Å². The lowest BCUT2D eigenvalue weighted by atomic mass is 10.0. The third-order valence-corrected chi connectivity index (χ3v) is 3.99. The van der Waals surface area contributed by atoms with Gasteiger partial charge in [-0.2, -0.15) is 5.10 Å². The van der Waals surface area contributed by atoms with Crippen LogP contribution in [-0.2, 0) is 6.42 Å². The van der Waals surface area contributed by atoms with Gasteiger partial charge in [-0.3, -0.25) is 5.10 Å². The SMILES string of the molecule is C.COc1cc2n[nH]c(Cc3cccc(C)c3)c2cc1Br. The van der Waals surface area contributed by atoms with Crippen molar-refractivity contribution in [3.8, 4) is 5.75 Å². The molecule has 0 aliphatic rings. The molecule has 0 aliphatic carbocycles. The first-order chi connectivity index (χ1) is 9.67. The Morgan fingerprint density at radius 1 is 1.24 bits per heavy atom. The summed E-state index contributed by atoms with van der Waals surface area (Å²) in [7, 11) is 1.66. The van der Waals surface area contributed by atoms with Crippen molar-refractivity contribution in [1.82, 2.24) is 10.2 Å². The molecule has 0 amide bonds. The predicted octanol–water partition coefficient (Wildman–Crippen LogP) is 4.87. The van der Waals surface area contributed by atoms with Crippen LogP contribution in [0.2, 0.25) is 0 Å². The third-order valence-electron chi connectivity index (χ3n) is 3.37. The second-order valence-corrected chi connectivity index (χ2v) is 5.73. The molecule has 0 bridgehead atoms. The molecule has 110 valence electrons. The maximum Gasteiger partial charge on any atom is 0.135 e. The van der Waals surface area contributed by atoms with E-state index >= 15 is 0 Å². The van der Waals surface area contributed by atoms with E-state index in [2.05, 4.69) is 63.4 Å². The summed E-state index contributed by atoms with van der Waals surface area (Å²) in [5.74, 6) is 0.797. The van der Waals surface area contributed by atoms with Gasteiger partial charge in [0.15, 0.2) is 0 Å². The van der Waals surface area contributed by atoms with E-state index in [4.69, 9.17) is 4.74 Å². The van der Waals surface area contributed by atoms with Crippen LogP contribution in [-0.4, -0.2) is 17.3 Å². The van der Waals surface area contributed by atoms with Gasteiger partial charge in [0.25, 0.3) is 0 Å². The molecule has 2 aromatic carbocycles. The van der Waals surface area contributed by atoms with Gasteiger partial charge < -0.3 is 4.74 Å². The third kappa shape index (κ3) is 3.10. The number of aromatic amines is 1. The molecule has 1 N–H and O–H groups in total. The lowest BCUT2D eigenvalue weighted by molar-refractivity contribution is 0.412. The topological polar surface area (TPSA) is 37.9 Å². The molecule has 0 spiro atoms. The Morgan fingerprint density at radius 3 is 2.76 bits per heavy atom. The number of H-pyrrole nitrogens is 1. The van der Waals surface area contributed by atoms with Crippen molar-refractivity contribution in [2.45, 2.75) is 20.8 Å². The monoisotopic (exact) mass is 346 g/mol. The summed E-state index contributed by atoms with van der Waals surface area (Å²) in [5.41, 5.74) is 4.60. The Bertz CT molecular complexity index is 765. The minimum absolute atomic E-state index is 0. The maximum atomic E-state index is 5.30. The van der Waals surface area contributed by atoms with Crippen molar-refractivity contribution in [1.29, 1.82) is 0 Å². The highest BCUT2D eigenvalue weighted by molar-refractivity contribution is 9.10. The first-order valence-corrected chi connectivity index (χ1v) is 7.22. The molecular formula is C17H19BrN2O. The normalized spacial score (nSPS) is 10.4. The van der Waals surface area contributed by atoms with Crippen LogP contribution >= 0.6 is 15.9 Å². The molecule has 0 radical (unpaired) electrons. The molecule has 0 fully saturated rings. The molecule has 21 heavy (non-hydrogen) atoms. The molecule has 0 aliphatic heterocycles. The Morgan fingerprint density at radius 2 is 2.05 bits per heavy atom. The number of benzene rings is 2. The zero-order valence-electron chi connectivity index (χ0n) is 11.4. The number of rotatable bonds is 3. The van der Waals surface area contributed by atoms with Crippen LogP contribution in [0.3, 0.4) is 0 Å². The van der Waals surface area contributed by atoms with Crippen LogP contribution in [0.15, 0.2) is 40.9 Å². The largest absolute Gasteiger partial charge is 0.495 e. The van der Waals surface area contributed by atoms with Gasteiger partial charge in [0.2, 0.25) is 0 Å². The van der Waals surface area contributed by atoms with Crippen molar-refractivity contribution < 1.29 is 4.74 Å².